The molecule has 1 rings (SSSR count). The van der Waals surface area contributed by atoms with E-state index in [1.165, 1.54) is 0 Å². The van der Waals surface area contributed by atoms with Crippen LogP contribution in [-0.2, 0) is 0 Å². The van der Waals surface area contributed by atoms with E-state index in [9.17, 15) is 0 Å². The molecular weight excluding hydrogens is 266 g/mol. The van der Waals surface area contributed by atoms with Gasteiger partial charge in [0.1, 0.15) is 5.75 Å². The second-order valence-electron chi connectivity index (χ2n) is 5.06. The van der Waals surface area contributed by atoms with Crippen LogP contribution in [0.5, 0.6) is 17.2 Å². The lowest BCUT2D eigenvalue weighted by atomic mass is 9.88. The first-order valence-corrected chi connectivity index (χ1v) is 7.69. The Morgan fingerprint density at radius 1 is 0.857 bits per heavy atom. The summed E-state index contributed by atoms with van der Waals surface area (Å²) in [6.07, 6.45) is 2.23. The van der Waals surface area contributed by atoms with E-state index >= 15 is 0 Å². The average Bonchev–Trinajstić information content (AvgIpc) is 2.53. The largest absolute Gasteiger partial charge is 0.496 e. The van der Waals surface area contributed by atoms with Gasteiger partial charge in [-0.2, -0.15) is 0 Å². The molecule has 1 aromatic carbocycles. The normalized spacial score (nSPS) is 12.3. The molecule has 4 nitrogen and oxygen atoms in total. The van der Waals surface area contributed by atoms with Crippen LogP contribution in [-0.4, -0.2) is 27.9 Å². The lowest BCUT2D eigenvalue weighted by Crippen LogP contribution is -2.28. The van der Waals surface area contributed by atoms with Crippen molar-refractivity contribution in [3.8, 4) is 17.2 Å². The van der Waals surface area contributed by atoms with Crippen molar-refractivity contribution >= 4 is 0 Å². The maximum Gasteiger partial charge on any atom is 0.164 e. The van der Waals surface area contributed by atoms with Crippen molar-refractivity contribution in [2.75, 3.05) is 27.9 Å². The third kappa shape index (κ3) is 4.03. The van der Waals surface area contributed by atoms with Gasteiger partial charge in [-0.15, -0.1) is 0 Å². The van der Waals surface area contributed by atoms with E-state index in [0.29, 0.717) is 11.7 Å². The van der Waals surface area contributed by atoms with Crippen LogP contribution in [0, 0.1) is 5.92 Å². The number of rotatable bonds is 9. The summed E-state index contributed by atoms with van der Waals surface area (Å²) >= 11 is 0. The minimum absolute atomic E-state index is 0.250. The molecule has 1 aromatic rings. The highest BCUT2D eigenvalue weighted by Crippen LogP contribution is 2.40. The van der Waals surface area contributed by atoms with Gasteiger partial charge >= 0.3 is 0 Å². The summed E-state index contributed by atoms with van der Waals surface area (Å²) in [6, 6.07) is 4.18. The van der Waals surface area contributed by atoms with Crippen LogP contribution in [0.1, 0.15) is 45.2 Å². The van der Waals surface area contributed by atoms with Crippen LogP contribution in [0.4, 0.5) is 0 Å². The van der Waals surface area contributed by atoms with Gasteiger partial charge in [-0.25, -0.2) is 0 Å². The van der Waals surface area contributed by atoms with Gasteiger partial charge in [0.2, 0.25) is 0 Å². The highest BCUT2D eigenvalue weighted by molar-refractivity contribution is 5.52. The summed E-state index contributed by atoms with van der Waals surface area (Å²) < 4.78 is 16.4. The maximum atomic E-state index is 5.58. The van der Waals surface area contributed by atoms with Crippen molar-refractivity contribution in [3.05, 3.63) is 17.7 Å². The minimum atomic E-state index is 0.250. The van der Waals surface area contributed by atoms with E-state index in [-0.39, 0.29) is 6.04 Å². The SMILES string of the molecule is CCNC(c1cc(OC)c(OC)cc1OC)C(CC)CC. The molecule has 0 amide bonds. The first kappa shape index (κ1) is 17.6. The first-order chi connectivity index (χ1) is 10.2. The molecule has 0 aliphatic heterocycles. The van der Waals surface area contributed by atoms with Crippen molar-refractivity contribution < 1.29 is 14.2 Å². The number of benzene rings is 1. The fourth-order valence-corrected chi connectivity index (χ4v) is 2.81. The van der Waals surface area contributed by atoms with Gasteiger partial charge < -0.3 is 19.5 Å². The van der Waals surface area contributed by atoms with Crippen molar-refractivity contribution in [1.29, 1.82) is 0 Å². The summed E-state index contributed by atoms with van der Waals surface area (Å²) in [5, 5.41) is 3.59. The lowest BCUT2D eigenvalue weighted by molar-refractivity contribution is 0.319. The van der Waals surface area contributed by atoms with Gasteiger partial charge in [-0.1, -0.05) is 33.6 Å². The Bertz CT molecular complexity index is 430. The van der Waals surface area contributed by atoms with Crippen molar-refractivity contribution in [1.82, 2.24) is 5.32 Å². The topological polar surface area (TPSA) is 39.7 Å². The van der Waals surface area contributed by atoms with E-state index < -0.39 is 0 Å². The van der Waals surface area contributed by atoms with Crippen LogP contribution in [0.15, 0.2) is 12.1 Å². The Morgan fingerprint density at radius 3 is 1.81 bits per heavy atom. The molecule has 0 saturated carbocycles. The molecule has 0 aliphatic rings. The standard InChI is InChI=1S/C17H29NO3/c1-7-12(8-2)17(18-9-3)13-10-15(20-5)16(21-6)11-14(13)19-4/h10-12,17-18H,7-9H2,1-6H3. The summed E-state index contributed by atoms with van der Waals surface area (Å²) in [5.41, 5.74) is 1.13. The minimum Gasteiger partial charge on any atom is -0.496 e. The van der Waals surface area contributed by atoms with Crippen LogP contribution in [0.25, 0.3) is 0 Å². The van der Waals surface area contributed by atoms with E-state index in [4.69, 9.17) is 14.2 Å². The highest BCUT2D eigenvalue weighted by atomic mass is 16.5. The zero-order chi connectivity index (χ0) is 15.8. The molecule has 120 valence electrons. The second-order valence-corrected chi connectivity index (χ2v) is 5.06. The van der Waals surface area contributed by atoms with Gasteiger partial charge in [-0.3, -0.25) is 0 Å². The van der Waals surface area contributed by atoms with Gasteiger partial charge in [0.15, 0.2) is 11.5 Å². The molecule has 1 unspecified atom stereocenters. The molecule has 0 fully saturated rings. The predicted octanol–water partition coefficient (Wildman–Crippen LogP) is 3.80. The molecule has 0 radical (unpaired) electrons. The number of ether oxygens (including phenoxy) is 3. The molecule has 4 heteroatoms. The van der Waals surface area contributed by atoms with Gasteiger partial charge in [0.05, 0.1) is 21.3 Å². The number of nitrogens with one attached hydrogen (secondary N) is 1. The van der Waals surface area contributed by atoms with E-state index in [1.54, 1.807) is 21.3 Å². The van der Waals surface area contributed by atoms with E-state index in [2.05, 4.69) is 26.1 Å². The Balaban J connectivity index is 3.34. The van der Waals surface area contributed by atoms with Crippen molar-refractivity contribution in [2.45, 2.75) is 39.7 Å². The monoisotopic (exact) mass is 295 g/mol. The lowest BCUT2D eigenvalue weighted by Gasteiger charge is -2.28. The average molecular weight is 295 g/mol. The van der Waals surface area contributed by atoms with E-state index in [1.807, 2.05) is 12.1 Å². The summed E-state index contributed by atoms with van der Waals surface area (Å²) in [5.74, 6) is 2.82. The van der Waals surface area contributed by atoms with Crippen LogP contribution >= 0.6 is 0 Å². The molecule has 0 aliphatic carbocycles. The van der Waals surface area contributed by atoms with Gasteiger partial charge in [0, 0.05) is 17.7 Å². The third-order valence-corrected chi connectivity index (χ3v) is 4.02. The summed E-state index contributed by atoms with van der Waals surface area (Å²) in [6.45, 7) is 7.50. The molecule has 0 spiro atoms. The third-order valence-electron chi connectivity index (χ3n) is 4.02. The Morgan fingerprint density at radius 2 is 1.38 bits per heavy atom. The predicted molar refractivity (Wildman–Crippen MR) is 86.6 cm³/mol. The summed E-state index contributed by atoms with van der Waals surface area (Å²) in [4.78, 5) is 0. The van der Waals surface area contributed by atoms with Gasteiger partial charge in [-0.05, 0) is 18.5 Å². The number of hydrogen-bond donors (Lipinski definition) is 1. The fraction of sp³-hybridized carbons (Fsp3) is 0.647. The van der Waals surface area contributed by atoms with Crippen molar-refractivity contribution in [3.63, 3.8) is 0 Å². The quantitative estimate of drug-likeness (QED) is 0.752. The van der Waals surface area contributed by atoms with Gasteiger partial charge in [0.25, 0.3) is 0 Å². The molecule has 0 saturated heterocycles. The van der Waals surface area contributed by atoms with Crippen LogP contribution < -0.4 is 19.5 Å². The molecule has 21 heavy (non-hydrogen) atoms. The molecule has 1 atom stereocenters. The Kier molecular flexibility index (Phi) is 7.37. The molecule has 0 heterocycles. The highest BCUT2D eigenvalue weighted by Gasteiger charge is 2.24. The molecule has 0 bridgehead atoms. The zero-order valence-electron chi connectivity index (χ0n) is 14.2. The van der Waals surface area contributed by atoms with Crippen LogP contribution in [0.3, 0.4) is 0 Å². The van der Waals surface area contributed by atoms with Crippen LogP contribution in [0.2, 0.25) is 0 Å². The zero-order valence-corrected chi connectivity index (χ0v) is 14.2. The first-order valence-electron chi connectivity index (χ1n) is 7.69. The molecule has 0 aromatic heterocycles. The second kappa shape index (κ2) is 8.78. The smallest absolute Gasteiger partial charge is 0.164 e. The molecular formula is C17H29NO3. The molecule has 1 N–H and O–H groups in total. The Hall–Kier alpha value is -1.42. The fourth-order valence-electron chi connectivity index (χ4n) is 2.81. The number of methoxy groups -OCH3 is 3. The maximum absolute atomic E-state index is 5.58. The van der Waals surface area contributed by atoms with E-state index in [0.717, 1.165) is 36.4 Å². The van der Waals surface area contributed by atoms with Crippen molar-refractivity contribution in [2.24, 2.45) is 5.92 Å². The Labute approximate surface area is 128 Å². The number of hydrogen-bond acceptors (Lipinski definition) is 4. The summed E-state index contributed by atoms with van der Waals surface area (Å²) in [7, 11) is 4.99.